The van der Waals surface area contributed by atoms with Crippen LogP contribution in [0.2, 0.25) is 5.02 Å². The summed E-state index contributed by atoms with van der Waals surface area (Å²) in [5.74, 6) is 5.63. The molecule has 7 heteroatoms. The number of rotatable bonds is 4. The molecule has 2 rings (SSSR count). The second-order valence-corrected chi connectivity index (χ2v) is 4.47. The number of carbonyl (C=O) groups excluding carboxylic acids is 1. The van der Waals surface area contributed by atoms with Gasteiger partial charge < -0.3 is 10.1 Å². The first-order chi connectivity index (χ1) is 10.7. The number of aromatic nitrogens is 2. The summed E-state index contributed by atoms with van der Waals surface area (Å²) in [5, 5.41) is 8.85. The molecule has 0 atom stereocenters. The van der Waals surface area contributed by atoms with E-state index < -0.39 is 5.91 Å². The minimum atomic E-state index is -0.419. The Morgan fingerprint density at radius 3 is 2.82 bits per heavy atom. The fraction of sp³-hybridized carbons (Fsp3) is 0.133. The van der Waals surface area contributed by atoms with Crippen molar-refractivity contribution in [3.05, 3.63) is 57.5 Å². The topological polar surface area (TPSA) is 84.1 Å². The largest absolute Gasteiger partial charge is 0.479 e. The van der Waals surface area contributed by atoms with Crippen molar-refractivity contribution < 1.29 is 9.53 Å². The molecule has 0 spiro atoms. The average molecular weight is 318 g/mol. The first kappa shape index (κ1) is 15.6. The number of nitrogens with zero attached hydrogens (tertiary/aromatic N) is 1. The summed E-state index contributed by atoms with van der Waals surface area (Å²) in [4.78, 5) is 22.5. The molecule has 2 aromatic rings. The zero-order valence-corrected chi connectivity index (χ0v) is 12.2. The number of para-hydroxylation sites is 1. The maximum Gasteiger partial charge on any atom is 0.272 e. The molecule has 0 aliphatic heterocycles. The lowest BCUT2D eigenvalue weighted by Gasteiger charge is -2.03. The number of benzene rings is 1. The molecule has 6 nitrogen and oxygen atoms in total. The quantitative estimate of drug-likeness (QED) is 0.831. The van der Waals surface area contributed by atoms with Crippen molar-refractivity contribution in [2.24, 2.45) is 0 Å². The van der Waals surface area contributed by atoms with Crippen molar-refractivity contribution in [3.63, 3.8) is 0 Å². The van der Waals surface area contributed by atoms with Gasteiger partial charge in [0, 0.05) is 6.07 Å². The molecule has 112 valence electrons. The number of halogens is 1. The van der Waals surface area contributed by atoms with E-state index in [4.69, 9.17) is 16.3 Å². The molecule has 0 aliphatic carbocycles. The van der Waals surface area contributed by atoms with E-state index in [2.05, 4.69) is 27.4 Å². The van der Waals surface area contributed by atoms with Gasteiger partial charge in [0.1, 0.15) is 18.1 Å². The molecule has 0 saturated heterocycles. The maximum atomic E-state index is 11.6. The van der Waals surface area contributed by atoms with Crippen molar-refractivity contribution in [1.82, 2.24) is 15.5 Å². The summed E-state index contributed by atoms with van der Waals surface area (Å²) in [6, 6.07) is 9.65. The lowest BCUT2D eigenvalue weighted by Crippen LogP contribution is -2.26. The third kappa shape index (κ3) is 4.65. The normalized spacial score (nSPS) is 9.50. The molecular formula is C15H12ClN3O3. The van der Waals surface area contributed by atoms with Gasteiger partial charge in [-0.2, -0.15) is 5.10 Å². The van der Waals surface area contributed by atoms with E-state index in [0.717, 1.165) is 0 Å². The van der Waals surface area contributed by atoms with E-state index in [9.17, 15) is 9.59 Å². The molecule has 1 aromatic heterocycles. The Labute approximate surface area is 131 Å². The molecule has 1 amide bonds. The highest BCUT2D eigenvalue weighted by Gasteiger charge is 2.04. The van der Waals surface area contributed by atoms with Crippen molar-refractivity contribution in [1.29, 1.82) is 0 Å². The van der Waals surface area contributed by atoms with Crippen LogP contribution in [-0.2, 0) is 0 Å². The molecule has 1 aromatic carbocycles. The number of nitrogens with one attached hydrogen (secondary N) is 2. The van der Waals surface area contributed by atoms with Crippen LogP contribution >= 0.6 is 11.6 Å². The van der Waals surface area contributed by atoms with Gasteiger partial charge >= 0.3 is 0 Å². The van der Waals surface area contributed by atoms with Gasteiger partial charge in [0.15, 0.2) is 0 Å². The summed E-state index contributed by atoms with van der Waals surface area (Å²) in [6.07, 6.45) is 0. The second kappa shape index (κ2) is 7.86. The SMILES string of the molecule is O=C(NCC#CCOc1ccccc1Cl)c1ccc(=O)[nH]n1. The third-order valence-corrected chi connectivity index (χ3v) is 2.82. The lowest BCUT2D eigenvalue weighted by atomic mass is 10.3. The first-order valence-electron chi connectivity index (χ1n) is 6.34. The average Bonchev–Trinajstić information content (AvgIpc) is 2.53. The Hall–Kier alpha value is -2.78. The maximum absolute atomic E-state index is 11.6. The molecular weight excluding hydrogens is 306 g/mol. The summed E-state index contributed by atoms with van der Waals surface area (Å²) < 4.78 is 5.37. The van der Waals surface area contributed by atoms with Crippen LogP contribution in [0, 0.1) is 11.8 Å². The molecule has 1 heterocycles. The van der Waals surface area contributed by atoms with Gasteiger partial charge in [-0.05, 0) is 18.2 Å². The Morgan fingerprint density at radius 2 is 2.09 bits per heavy atom. The molecule has 0 unspecified atom stereocenters. The van der Waals surface area contributed by atoms with Crippen molar-refractivity contribution in [3.8, 4) is 17.6 Å². The monoisotopic (exact) mass is 317 g/mol. The van der Waals surface area contributed by atoms with Crippen LogP contribution < -0.4 is 15.6 Å². The van der Waals surface area contributed by atoms with Crippen molar-refractivity contribution in [2.75, 3.05) is 13.2 Å². The molecule has 22 heavy (non-hydrogen) atoms. The molecule has 0 radical (unpaired) electrons. The zero-order chi connectivity index (χ0) is 15.8. The van der Waals surface area contributed by atoms with Crippen LogP contribution in [0.5, 0.6) is 5.75 Å². The molecule has 2 N–H and O–H groups in total. The highest BCUT2D eigenvalue weighted by Crippen LogP contribution is 2.22. The first-order valence-corrected chi connectivity index (χ1v) is 6.71. The second-order valence-electron chi connectivity index (χ2n) is 4.06. The van der Waals surface area contributed by atoms with Crippen LogP contribution in [0.4, 0.5) is 0 Å². The number of ether oxygens (including phenoxy) is 1. The van der Waals surface area contributed by atoms with Gasteiger partial charge in [-0.3, -0.25) is 9.59 Å². The smallest absolute Gasteiger partial charge is 0.272 e. The van der Waals surface area contributed by atoms with E-state index in [0.29, 0.717) is 10.8 Å². The summed E-state index contributed by atoms with van der Waals surface area (Å²) in [7, 11) is 0. The number of aromatic amines is 1. The van der Waals surface area contributed by atoms with Crippen LogP contribution in [0.15, 0.2) is 41.2 Å². The number of carbonyl (C=O) groups is 1. The number of amides is 1. The Bertz CT molecular complexity index is 757. The number of H-pyrrole nitrogens is 1. The fourth-order valence-corrected chi connectivity index (χ4v) is 1.67. The van der Waals surface area contributed by atoms with Gasteiger partial charge in [-0.25, -0.2) is 5.10 Å². The fourth-order valence-electron chi connectivity index (χ4n) is 1.48. The van der Waals surface area contributed by atoms with Gasteiger partial charge in [0.05, 0.1) is 11.6 Å². The highest BCUT2D eigenvalue weighted by atomic mass is 35.5. The minimum Gasteiger partial charge on any atom is -0.479 e. The summed E-state index contributed by atoms with van der Waals surface area (Å²) in [5.41, 5.74) is -0.248. The van der Waals surface area contributed by atoms with Gasteiger partial charge in [-0.1, -0.05) is 35.6 Å². The molecule has 0 fully saturated rings. The predicted octanol–water partition coefficient (Wildman–Crippen LogP) is 1.24. The minimum absolute atomic E-state index is 0.119. The van der Waals surface area contributed by atoms with Crippen molar-refractivity contribution >= 4 is 17.5 Å². The van der Waals surface area contributed by atoms with E-state index >= 15 is 0 Å². The van der Waals surface area contributed by atoms with E-state index in [1.807, 2.05) is 6.07 Å². The van der Waals surface area contributed by atoms with Crippen LogP contribution in [-0.4, -0.2) is 29.3 Å². The highest BCUT2D eigenvalue weighted by molar-refractivity contribution is 6.32. The predicted molar refractivity (Wildman–Crippen MR) is 81.9 cm³/mol. The van der Waals surface area contributed by atoms with Crippen LogP contribution in [0.1, 0.15) is 10.5 Å². The Kier molecular flexibility index (Phi) is 5.57. The molecule has 0 saturated carbocycles. The molecule has 0 bridgehead atoms. The van der Waals surface area contributed by atoms with Crippen LogP contribution in [0.25, 0.3) is 0 Å². The van der Waals surface area contributed by atoms with Crippen LogP contribution in [0.3, 0.4) is 0 Å². The van der Waals surface area contributed by atoms with Gasteiger partial charge in [0.25, 0.3) is 11.5 Å². The van der Waals surface area contributed by atoms with Gasteiger partial charge in [-0.15, -0.1) is 0 Å². The number of hydrogen-bond acceptors (Lipinski definition) is 4. The summed E-state index contributed by atoms with van der Waals surface area (Å²) >= 11 is 5.92. The Morgan fingerprint density at radius 1 is 1.27 bits per heavy atom. The zero-order valence-electron chi connectivity index (χ0n) is 11.4. The standard InChI is InChI=1S/C15H12ClN3O3/c16-11-5-1-2-6-13(11)22-10-4-3-9-17-15(21)12-7-8-14(20)19-18-12/h1-2,5-8H,9-10H2,(H,17,21)(H,19,20). The van der Waals surface area contributed by atoms with E-state index in [-0.39, 0.29) is 24.4 Å². The lowest BCUT2D eigenvalue weighted by molar-refractivity contribution is 0.0952. The third-order valence-electron chi connectivity index (χ3n) is 2.51. The van der Waals surface area contributed by atoms with Gasteiger partial charge in [0.2, 0.25) is 0 Å². The summed E-state index contributed by atoms with van der Waals surface area (Å²) in [6.45, 7) is 0.308. The number of hydrogen-bond donors (Lipinski definition) is 2. The Balaban J connectivity index is 1.75. The van der Waals surface area contributed by atoms with Crippen molar-refractivity contribution in [2.45, 2.75) is 0 Å². The molecule has 0 aliphatic rings. The van der Waals surface area contributed by atoms with E-state index in [1.165, 1.54) is 12.1 Å². The van der Waals surface area contributed by atoms with E-state index in [1.54, 1.807) is 18.2 Å².